The summed E-state index contributed by atoms with van der Waals surface area (Å²) in [6.45, 7) is 6.56. The average molecular weight is 271 g/mol. The van der Waals surface area contributed by atoms with Gasteiger partial charge in [-0.05, 0) is 44.9 Å². The number of piperidine rings is 1. The van der Waals surface area contributed by atoms with Gasteiger partial charge >= 0.3 is 0 Å². The second-order valence-electron chi connectivity index (χ2n) is 5.17. The fourth-order valence-corrected chi connectivity index (χ4v) is 2.56. The molecule has 0 saturated carbocycles. The zero-order valence-electron chi connectivity index (χ0n) is 10.9. The highest BCUT2D eigenvalue weighted by Crippen LogP contribution is 2.23. The number of rotatable bonds is 3. The van der Waals surface area contributed by atoms with Crippen molar-refractivity contribution in [2.75, 3.05) is 18.4 Å². The molecule has 0 amide bonds. The topological polar surface area (TPSA) is 15.3 Å². The Bertz CT molecular complexity index is 401. The number of halogens is 2. The number of likely N-dealkylation sites (tertiary alicyclic amines) is 1. The molecule has 1 aromatic carbocycles. The molecule has 0 aliphatic carbocycles. The van der Waals surface area contributed by atoms with Crippen molar-refractivity contribution in [1.29, 1.82) is 0 Å². The number of hydrogen-bond acceptors (Lipinski definition) is 2. The van der Waals surface area contributed by atoms with Crippen molar-refractivity contribution in [2.45, 2.75) is 38.8 Å². The predicted molar refractivity (Wildman–Crippen MR) is 74.8 cm³/mol. The molecule has 0 spiro atoms. The quantitative estimate of drug-likeness (QED) is 0.900. The average Bonchev–Trinajstić information content (AvgIpc) is 2.34. The Balaban J connectivity index is 1.93. The van der Waals surface area contributed by atoms with E-state index in [1.807, 2.05) is 0 Å². The number of anilines is 1. The smallest absolute Gasteiger partial charge is 0.146 e. The van der Waals surface area contributed by atoms with Crippen molar-refractivity contribution in [2.24, 2.45) is 0 Å². The molecule has 0 radical (unpaired) electrons. The molecule has 0 atom stereocenters. The zero-order chi connectivity index (χ0) is 13.1. The minimum absolute atomic E-state index is 0.231. The lowest BCUT2D eigenvalue weighted by molar-refractivity contribution is 0.177. The summed E-state index contributed by atoms with van der Waals surface area (Å²) in [6, 6.07) is 5.57. The van der Waals surface area contributed by atoms with Crippen LogP contribution in [0.2, 0.25) is 5.02 Å². The monoisotopic (exact) mass is 270 g/mol. The Kier molecular flexibility index (Phi) is 4.46. The van der Waals surface area contributed by atoms with E-state index in [1.165, 1.54) is 6.07 Å². The summed E-state index contributed by atoms with van der Waals surface area (Å²) in [4.78, 5) is 2.45. The van der Waals surface area contributed by atoms with Crippen LogP contribution in [0.15, 0.2) is 18.2 Å². The van der Waals surface area contributed by atoms with Gasteiger partial charge in [-0.2, -0.15) is 0 Å². The van der Waals surface area contributed by atoms with Crippen molar-refractivity contribution < 1.29 is 4.39 Å². The van der Waals surface area contributed by atoms with Crippen LogP contribution in [0.3, 0.4) is 0 Å². The summed E-state index contributed by atoms with van der Waals surface area (Å²) in [5, 5.41) is 3.83. The molecule has 1 saturated heterocycles. The van der Waals surface area contributed by atoms with Gasteiger partial charge in [0.15, 0.2) is 0 Å². The first-order valence-corrected chi connectivity index (χ1v) is 6.89. The van der Waals surface area contributed by atoms with Crippen molar-refractivity contribution in [3.05, 3.63) is 29.0 Å². The minimum Gasteiger partial charge on any atom is -0.380 e. The lowest BCUT2D eigenvalue weighted by Crippen LogP contribution is -2.42. The van der Waals surface area contributed by atoms with Gasteiger partial charge in [-0.3, -0.25) is 0 Å². The highest BCUT2D eigenvalue weighted by atomic mass is 35.5. The van der Waals surface area contributed by atoms with Gasteiger partial charge in [0.25, 0.3) is 0 Å². The van der Waals surface area contributed by atoms with E-state index < -0.39 is 0 Å². The van der Waals surface area contributed by atoms with Gasteiger partial charge in [-0.25, -0.2) is 4.39 Å². The zero-order valence-corrected chi connectivity index (χ0v) is 11.7. The van der Waals surface area contributed by atoms with E-state index >= 15 is 0 Å². The summed E-state index contributed by atoms with van der Waals surface area (Å²) in [6.07, 6.45) is 2.09. The third-order valence-electron chi connectivity index (χ3n) is 3.55. The Hall–Kier alpha value is -0.800. The molecule has 1 fully saturated rings. The summed E-state index contributed by atoms with van der Waals surface area (Å²) in [7, 11) is 0. The van der Waals surface area contributed by atoms with Crippen LogP contribution in [0.4, 0.5) is 10.1 Å². The molecule has 0 unspecified atom stereocenters. The molecule has 0 aromatic heterocycles. The van der Waals surface area contributed by atoms with E-state index in [0.717, 1.165) is 25.9 Å². The largest absolute Gasteiger partial charge is 0.380 e. The van der Waals surface area contributed by atoms with Gasteiger partial charge in [-0.1, -0.05) is 11.6 Å². The van der Waals surface area contributed by atoms with Crippen LogP contribution in [0.25, 0.3) is 0 Å². The number of benzene rings is 1. The molecule has 1 aromatic rings. The summed E-state index contributed by atoms with van der Waals surface area (Å²) < 4.78 is 13.6. The normalized spacial score (nSPS) is 18.3. The van der Waals surface area contributed by atoms with Gasteiger partial charge in [0.05, 0.1) is 5.69 Å². The number of hydrogen-bond donors (Lipinski definition) is 1. The van der Waals surface area contributed by atoms with Crippen LogP contribution in [-0.4, -0.2) is 30.1 Å². The molecule has 1 aliphatic rings. The second-order valence-corrected chi connectivity index (χ2v) is 5.61. The fraction of sp³-hybridized carbons (Fsp3) is 0.571. The lowest BCUT2D eigenvalue weighted by atomic mass is 10.0. The Morgan fingerprint density at radius 1 is 1.33 bits per heavy atom. The van der Waals surface area contributed by atoms with Crippen molar-refractivity contribution in [1.82, 2.24) is 4.90 Å². The van der Waals surface area contributed by atoms with Crippen LogP contribution in [0.1, 0.15) is 26.7 Å². The maximum atomic E-state index is 13.6. The molecule has 0 bridgehead atoms. The van der Waals surface area contributed by atoms with Gasteiger partial charge in [0.2, 0.25) is 0 Å². The van der Waals surface area contributed by atoms with Crippen LogP contribution in [-0.2, 0) is 0 Å². The Morgan fingerprint density at radius 3 is 2.61 bits per heavy atom. The predicted octanol–water partition coefficient (Wildman–Crippen LogP) is 3.76. The van der Waals surface area contributed by atoms with E-state index in [4.69, 9.17) is 11.6 Å². The van der Waals surface area contributed by atoms with Gasteiger partial charge in [0, 0.05) is 30.2 Å². The first-order chi connectivity index (χ1) is 8.56. The first kappa shape index (κ1) is 13.6. The maximum absolute atomic E-state index is 13.6. The third kappa shape index (κ3) is 3.36. The molecule has 100 valence electrons. The molecule has 18 heavy (non-hydrogen) atoms. The van der Waals surface area contributed by atoms with E-state index in [-0.39, 0.29) is 5.82 Å². The van der Waals surface area contributed by atoms with Gasteiger partial charge in [0.1, 0.15) is 5.82 Å². The number of nitrogens with zero attached hydrogens (tertiary/aromatic N) is 1. The molecule has 2 nitrogen and oxygen atoms in total. The van der Waals surface area contributed by atoms with E-state index in [2.05, 4.69) is 24.1 Å². The molecular formula is C14H20ClFN2. The van der Waals surface area contributed by atoms with E-state index in [9.17, 15) is 4.39 Å². The second kappa shape index (κ2) is 5.89. The third-order valence-corrected chi connectivity index (χ3v) is 3.78. The van der Waals surface area contributed by atoms with Crippen LogP contribution >= 0.6 is 11.6 Å². The van der Waals surface area contributed by atoms with Crippen molar-refractivity contribution >= 4 is 17.3 Å². The fourth-order valence-electron chi connectivity index (χ4n) is 2.39. The maximum Gasteiger partial charge on any atom is 0.146 e. The van der Waals surface area contributed by atoms with E-state index in [0.29, 0.717) is 22.8 Å². The highest BCUT2D eigenvalue weighted by molar-refractivity contribution is 6.30. The summed E-state index contributed by atoms with van der Waals surface area (Å²) in [5.41, 5.74) is 0.519. The molecule has 2 rings (SSSR count). The molecule has 1 N–H and O–H groups in total. The van der Waals surface area contributed by atoms with E-state index in [1.54, 1.807) is 12.1 Å². The highest BCUT2D eigenvalue weighted by Gasteiger charge is 2.21. The standard InChI is InChI=1S/C14H20ClFN2/c1-10(2)18-7-5-12(6-8-18)17-14-9-11(15)3-4-13(14)16/h3-4,9-10,12,17H,5-8H2,1-2H3. The molecule has 1 heterocycles. The van der Waals surface area contributed by atoms with Crippen molar-refractivity contribution in [3.63, 3.8) is 0 Å². The van der Waals surface area contributed by atoms with Gasteiger partial charge < -0.3 is 10.2 Å². The first-order valence-electron chi connectivity index (χ1n) is 6.52. The van der Waals surface area contributed by atoms with Gasteiger partial charge in [-0.15, -0.1) is 0 Å². The summed E-state index contributed by atoms with van der Waals surface area (Å²) >= 11 is 5.88. The molecule has 1 aliphatic heterocycles. The molecule has 4 heteroatoms. The van der Waals surface area contributed by atoms with Crippen molar-refractivity contribution in [3.8, 4) is 0 Å². The SMILES string of the molecule is CC(C)N1CCC(Nc2cc(Cl)ccc2F)CC1. The van der Waals surface area contributed by atoms with Crippen LogP contribution in [0, 0.1) is 5.82 Å². The van der Waals surface area contributed by atoms with Crippen LogP contribution < -0.4 is 5.32 Å². The lowest BCUT2D eigenvalue weighted by Gasteiger charge is -2.35. The Morgan fingerprint density at radius 2 is 2.00 bits per heavy atom. The molecular weight excluding hydrogens is 251 g/mol. The number of nitrogens with one attached hydrogen (secondary N) is 1. The minimum atomic E-state index is -0.231. The Labute approximate surface area is 113 Å². The van der Waals surface area contributed by atoms with Crippen LogP contribution in [0.5, 0.6) is 0 Å². The summed E-state index contributed by atoms with van der Waals surface area (Å²) in [5.74, 6) is -0.231.